The van der Waals surface area contributed by atoms with Crippen LogP contribution in [0.4, 0.5) is 0 Å². The zero-order valence-corrected chi connectivity index (χ0v) is 17.7. The molecule has 0 saturated carbocycles. The van der Waals surface area contributed by atoms with Crippen LogP contribution in [-0.4, -0.2) is 18.9 Å². The highest BCUT2D eigenvalue weighted by Gasteiger charge is 2.14. The lowest BCUT2D eigenvalue weighted by Crippen LogP contribution is -2.15. The summed E-state index contributed by atoms with van der Waals surface area (Å²) in [4.78, 5) is 21.9. The number of nitrogens with zero attached hydrogens (tertiary/aromatic N) is 4. The van der Waals surface area contributed by atoms with E-state index in [4.69, 9.17) is 16.6 Å². The first-order valence-corrected chi connectivity index (χ1v) is 10.8. The largest absolute Gasteiger partial charge is 0.287 e. The number of thioether (sulfide) groups is 1. The van der Waals surface area contributed by atoms with Crippen molar-refractivity contribution < 1.29 is 0 Å². The summed E-state index contributed by atoms with van der Waals surface area (Å²) in [5, 5.41) is 1.36. The predicted octanol–water partition coefficient (Wildman–Crippen LogP) is 5.29. The Bertz CT molecular complexity index is 1440. The average molecular weight is 433 g/mol. The standard InChI is InChI=1S/C23H17ClN4OS/c1-15-6-9-18(10-7-15)28-20-5-3-2-4-19(20)26-23(28)30-14-17-12-22(29)27-13-16(24)8-11-21(27)25-17/h2-13H,14H2,1H3. The van der Waals surface area contributed by atoms with E-state index in [1.165, 1.54) is 9.96 Å². The first-order valence-electron chi connectivity index (χ1n) is 9.44. The molecule has 0 fully saturated rings. The number of fused-ring (bicyclic) bond motifs is 2. The summed E-state index contributed by atoms with van der Waals surface area (Å²) in [5.41, 5.74) is 5.37. The second-order valence-corrected chi connectivity index (χ2v) is 8.38. The molecule has 2 aromatic carbocycles. The van der Waals surface area contributed by atoms with Crippen LogP contribution in [0.25, 0.3) is 22.4 Å². The van der Waals surface area contributed by atoms with Crippen LogP contribution in [0.5, 0.6) is 0 Å². The Morgan fingerprint density at radius 1 is 1.00 bits per heavy atom. The van der Waals surface area contributed by atoms with Gasteiger partial charge in [0.25, 0.3) is 5.56 Å². The number of aromatic nitrogens is 4. The summed E-state index contributed by atoms with van der Waals surface area (Å²) in [6, 6.07) is 21.5. The fourth-order valence-electron chi connectivity index (χ4n) is 3.38. The molecule has 0 radical (unpaired) electrons. The summed E-state index contributed by atoms with van der Waals surface area (Å²) >= 11 is 7.55. The van der Waals surface area contributed by atoms with E-state index in [1.807, 2.05) is 18.2 Å². The van der Waals surface area contributed by atoms with Gasteiger partial charge in [0.2, 0.25) is 0 Å². The van der Waals surface area contributed by atoms with Crippen LogP contribution in [0.15, 0.2) is 82.9 Å². The monoisotopic (exact) mass is 432 g/mol. The number of hydrogen-bond acceptors (Lipinski definition) is 4. The van der Waals surface area contributed by atoms with Gasteiger partial charge in [-0.1, -0.05) is 53.2 Å². The maximum absolute atomic E-state index is 12.5. The fourth-order valence-corrected chi connectivity index (χ4v) is 4.46. The second-order valence-electron chi connectivity index (χ2n) is 7.00. The Hall–Kier alpha value is -3.09. The molecule has 0 aliphatic carbocycles. The summed E-state index contributed by atoms with van der Waals surface area (Å²) < 4.78 is 3.60. The highest BCUT2D eigenvalue weighted by atomic mass is 35.5. The van der Waals surface area contributed by atoms with Gasteiger partial charge in [-0.15, -0.1) is 0 Å². The number of para-hydroxylation sites is 2. The molecule has 7 heteroatoms. The summed E-state index contributed by atoms with van der Waals surface area (Å²) in [7, 11) is 0. The molecule has 5 nitrogen and oxygen atoms in total. The van der Waals surface area contributed by atoms with Crippen molar-refractivity contribution in [3.8, 4) is 5.69 Å². The van der Waals surface area contributed by atoms with Gasteiger partial charge in [0, 0.05) is 23.7 Å². The fraction of sp³-hybridized carbons (Fsp3) is 0.0870. The minimum atomic E-state index is -0.148. The molecule has 0 unspecified atom stereocenters. The molecule has 3 aromatic heterocycles. The van der Waals surface area contributed by atoms with E-state index in [-0.39, 0.29) is 5.56 Å². The van der Waals surface area contributed by atoms with Crippen LogP contribution in [-0.2, 0) is 5.75 Å². The molecule has 0 N–H and O–H groups in total. The third-order valence-corrected chi connectivity index (χ3v) is 6.04. The number of halogens is 1. The van der Waals surface area contributed by atoms with Crippen LogP contribution < -0.4 is 5.56 Å². The van der Waals surface area contributed by atoms with Crippen LogP contribution >= 0.6 is 23.4 Å². The van der Waals surface area contributed by atoms with E-state index in [1.54, 1.807) is 36.2 Å². The van der Waals surface area contributed by atoms with Gasteiger partial charge in [0.15, 0.2) is 5.16 Å². The van der Waals surface area contributed by atoms with Crippen molar-refractivity contribution in [3.05, 3.63) is 99.6 Å². The molecular weight excluding hydrogens is 416 g/mol. The van der Waals surface area contributed by atoms with Gasteiger partial charge in [-0.2, -0.15) is 0 Å². The zero-order valence-electron chi connectivity index (χ0n) is 16.1. The highest BCUT2D eigenvalue weighted by molar-refractivity contribution is 7.98. The lowest BCUT2D eigenvalue weighted by molar-refractivity contribution is 0.916. The number of aryl methyl sites for hydroxylation is 1. The van der Waals surface area contributed by atoms with Crippen molar-refractivity contribution >= 4 is 40.0 Å². The van der Waals surface area contributed by atoms with E-state index in [2.05, 4.69) is 46.8 Å². The average Bonchev–Trinajstić information content (AvgIpc) is 3.12. The molecule has 148 valence electrons. The molecule has 0 aliphatic heterocycles. The molecule has 0 bridgehead atoms. The molecule has 5 rings (SSSR count). The lowest BCUT2D eigenvalue weighted by atomic mass is 10.2. The smallest absolute Gasteiger partial charge is 0.258 e. The van der Waals surface area contributed by atoms with Crippen molar-refractivity contribution in [1.29, 1.82) is 0 Å². The van der Waals surface area contributed by atoms with E-state index in [0.717, 1.165) is 21.9 Å². The Morgan fingerprint density at radius 3 is 2.63 bits per heavy atom. The Kier molecular flexibility index (Phi) is 4.81. The molecule has 0 aliphatic rings. The van der Waals surface area contributed by atoms with Gasteiger partial charge in [-0.05, 0) is 43.3 Å². The number of rotatable bonds is 4. The molecule has 0 amide bonds. The van der Waals surface area contributed by atoms with E-state index < -0.39 is 0 Å². The summed E-state index contributed by atoms with van der Waals surface area (Å²) in [5.74, 6) is 0.531. The summed E-state index contributed by atoms with van der Waals surface area (Å²) in [6.07, 6.45) is 1.58. The Morgan fingerprint density at radius 2 is 1.80 bits per heavy atom. The van der Waals surface area contributed by atoms with Gasteiger partial charge in [-0.3, -0.25) is 13.8 Å². The van der Waals surface area contributed by atoms with Gasteiger partial charge < -0.3 is 0 Å². The molecule has 30 heavy (non-hydrogen) atoms. The van der Waals surface area contributed by atoms with Crippen LogP contribution in [0.1, 0.15) is 11.3 Å². The van der Waals surface area contributed by atoms with Gasteiger partial charge in [0.05, 0.1) is 21.7 Å². The minimum absolute atomic E-state index is 0.148. The Labute approximate surface area is 182 Å². The van der Waals surface area contributed by atoms with Crippen molar-refractivity contribution in [2.45, 2.75) is 17.8 Å². The van der Waals surface area contributed by atoms with Crippen molar-refractivity contribution in [1.82, 2.24) is 18.9 Å². The first kappa shape index (κ1) is 18.9. The third kappa shape index (κ3) is 3.49. The second kappa shape index (κ2) is 7.63. The van der Waals surface area contributed by atoms with Crippen molar-refractivity contribution in [3.63, 3.8) is 0 Å². The normalized spacial score (nSPS) is 11.4. The number of benzene rings is 2. The van der Waals surface area contributed by atoms with E-state index in [0.29, 0.717) is 22.1 Å². The first-order chi connectivity index (χ1) is 14.6. The molecule has 0 spiro atoms. The minimum Gasteiger partial charge on any atom is -0.287 e. The lowest BCUT2D eigenvalue weighted by Gasteiger charge is -2.09. The quantitative estimate of drug-likeness (QED) is 0.362. The molecule has 3 heterocycles. The van der Waals surface area contributed by atoms with E-state index in [9.17, 15) is 4.79 Å². The van der Waals surface area contributed by atoms with Crippen molar-refractivity contribution in [2.24, 2.45) is 0 Å². The SMILES string of the molecule is Cc1ccc(-n2c(SCc3cc(=O)n4cc(Cl)ccc4n3)nc3ccccc32)cc1. The molecular formula is C23H17ClN4OS. The van der Waals surface area contributed by atoms with Gasteiger partial charge >= 0.3 is 0 Å². The zero-order chi connectivity index (χ0) is 20.7. The Balaban J connectivity index is 1.54. The van der Waals surface area contributed by atoms with Gasteiger partial charge in [-0.25, -0.2) is 9.97 Å². The molecule has 5 aromatic rings. The molecule has 0 saturated heterocycles. The van der Waals surface area contributed by atoms with Crippen LogP contribution in [0.2, 0.25) is 5.02 Å². The van der Waals surface area contributed by atoms with Gasteiger partial charge in [0.1, 0.15) is 5.65 Å². The highest BCUT2D eigenvalue weighted by Crippen LogP contribution is 2.29. The van der Waals surface area contributed by atoms with Crippen molar-refractivity contribution in [2.75, 3.05) is 0 Å². The van der Waals surface area contributed by atoms with Crippen LogP contribution in [0, 0.1) is 6.92 Å². The van der Waals surface area contributed by atoms with Crippen LogP contribution in [0.3, 0.4) is 0 Å². The maximum atomic E-state index is 12.5. The van der Waals surface area contributed by atoms with E-state index >= 15 is 0 Å². The summed E-state index contributed by atoms with van der Waals surface area (Å²) in [6.45, 7) is 2.07. The maximum Gasteiger partial charge on any atom is 0.258 e. The predicted molar refractivity (Wildman–Crippen MR) is 122 cm³/mol. The molecule has 0 atom stereocenters. The third-order valence-electron chi connectivity index (χ3n) is 4.85. The number of imidazole rings is 1. The number of pyridine rings is 1. The topological polar surface area (TPSA) is 52.2 Å². The number of hydrogen-bond donors (Lipinski definition) is 0.